The number of hydrazone groups is 1. The van der Waals surface area contributed by atoms with Crippen LogP contribution in [0, 0.1) is 0 Å². The van der Waals surface area contributed by atoms with E-state index in [0.29, 0.717) is 29.7 Å². The molecule has 37 heavy (non-hydrogen) atoms. The molecular formula is C27H23BrClN3O3S2. The number of carbonyl (C=O) groups excluding carboxylic acids is 1. The maximum atomic E-state index is 12.3. The Hall–Kier alpha value is -2.85. The van der Waals surface area contributed by atoms with E-state index in [1.165, 1.54) is 23.1 Å². The molecule has 1 heterocycles. The van der Waals surface area contributed by atoms with Crippen molar-refractivity contribution in [2.75, 3.05) is 12.4 Å². The van der Waals surface area contributed by atoms with Crippen LogP contribution in [-0.4, -0.2) is 29.5 Å². The second-order valence-corrected chi connectivity index (χ2v) is 11.1. The van der Waals surface area contributed by atoms with Crippen molar-refractivity contribution < 1.29 is 14.3 Å². The number of thioether (sulfide) groups is 1. The highest BCUT2D eigenvalue weighted by molar-refractivity contribution is 9.10. The van der Waals surface area contributed by atoms with Gasteiger partial charge in [0, 0.05) is 20.4 Å². The summed E-state index contributed by atoms with van der Waals surface area (Å²) in [6.45, 7) is 2.84. The van der Waals surface area contributed by atoms with Gasteiger partial charge in [0.25, 0.3) is 5.91 Å². The molecule has 4 aromatic rings. The van der Waals surface area contributed by atoms with E-state index in [4.69, 9.17) is 21.1 Å². The minimum absolute atomic E-state index is 0.206. The van der Waals surface area contributed by atoms with Crippen molar-refractivity contribution in [1.29, 1.82) is 0 Å². The molecule has 10 heteroatoms. The number of nitrogens with zero attached hydrogens (tertiary/aromatic N) is 2. The molecule has 0 saturated heterocycles. The number of thiazole rings is 1. The molecule has 0 radical (unpaired) electrons. The van der Waals surface area contributed by atoms with E-state index in [1.54, 1.807) is 6.21 Å². The summed E-state index contributed by atoms with van der Waals surface area (Å²) in [6.07, 6.45) is 1.58. The molecular weight excluding hydrogens is 594 g/mol. The Labute approximate surface area is 237 Å². The number of benzene rings is 3. The zero-order valence-electron chi connectivity index (χ0n) is 19.8. The van der Waals surface area contributed by atoms with Gasteiger partial charge in [-0.05, 0) is 60.5 Å². The van der Waals surface area contributed by atoms with Crippen LogP contribution in [0.1, 0.15) is 18.1 Å². The van der Waals surface area contributed by atoms with Crippen LogP contribution in [0.3, 0.4) is 0 Å². The Kier molecular flexibility index (Phi) is 10.0. The van der Waals surface area contributed by atoms with Gasteiger partial charge in [-0.1, -0.05) is 63.6 Å². The van der Waals surface area contributed by atoms with Crippen molar-refractivity contribution in [2.24, 2.45) is 5.10 Å². The highest BCUT2D eigenvalue weighted by Gasteiger charge is 2.09. The third-order valence-corrected chi connectivity index (χ3v) is 7.73. The number of nitrogens with one attached hydrogen (secondary N) is 1. The normalized spacial score (nSPS) is 11.0. The highest BCUT2D eigenvalue weighted by atomic mass is 79.9. The van der Waals surface area contributed by atoms with Crippen molar-refractivity contribution in [3.05, 3.63) is 92.7 Å². The van der Waals surface area contributed by atoms with Crippen molar-refractivity contribution in [1.82, 2.24) is 10.4 Å². The van der Waals surface area contributed by atoms with E-state index < -0.39 is 0 Å². The fraction of sp³-hybridized carbons (Fsp3) is 0.148. The van der Waals surface area contributed by atoms with Crippen molar-refractivity contribution in [2.45, 2.75) is 17.9 Å². The van der Waals surface area contributed by atoms with Crippen LogP contribution in [-0.2, 0) is 11.4 Å². The highest BCUT2D eigenvalue weighted by Crippen LogP contribution is 2.30. The quantitative estimate of drug-likeness (QED) is 0.108. The van der Waals surface area contributed by atoms with Crippen LogP contribution in [0.25, 0.3) is 11.3 Å². The number of halogens is 2. The van der Waals surface area contributed by atoms with Crippen LogP contribution in [0.15, 0.2) is 86.0 Å². The van der Waals surface area contributed by atoms with Gasteiger partial charge in [-0.15, -0.1) is 11.3 Å². The van der Waals surface area contributed by atoms with Crippen molar-refractivity contribution in [3.63, 3.8) is 0 Å². The monoisotopic (exact) mass is 615 g/mol. The number of amides is 1. The largest absolute Gasteiger partial charge is 0.490 e. The number of carbonyl (C=O) groups is 1. The van der Waals surface area contributed by atoms with Crippen molar-refractivity contribution in [3.8, 4) is 22.8 Å². The van der Waals surface area contributed by atoms with Crippen LogP contribution in [0.5, 0.6) is 11.5 Å². The van der Waals surface area contributed by atoms with Crippen LogP contribution in [0.2, 0.25) is 5.02 Å². The molecule has 0 atom stereocenters. The topological polar surface area (TPSA) is 72.8 Å². The van der Waals surface area contributed by atoms with Gasteiger partial charge in [0.1, 0.15) is 6.61 Å². The average Bonchev–Trinajstić information content (AvgIpc) is 3.38. The van der Waals surface area contributed by atoms with Crippen LogP contribution >= 0.6 is 50.6 Å². The summed E-state index contributed by atoms with van der Waals surface area (Å²) in [6, 6.07) is 21.0. The molecule has 0 aliphatic carbocycles. The summed E-state index contributed by atoms with van der Waals surface area (Å²) in [5, 5.41) is 6.72. The smallest absolute Gasteiger partial charge is 0.250 e. The molecule has 3 aromatic carbocycles. The van der Waals surface area contributed by atoms with Gasteiger partial charge in [0.05, 0.1) is 24.3 Å². The molecule has 1 amide bonds. The molecule has 0 unspecified atom stereocenters. The lowest BCUT2D eigenvalue weighted by molar-refractivity contribution is -0.118. The van der Waals surface area contributed by atoms with Gasteiger partial charge >= 0.3 is 0 Å². The van der Waals surface area contributed by atoms with Crippen LogP contribution in [0.4, 0.5) is 0 Å². The minimum atomic E-state index is -0.219. The van der Waals surface area contributed by atoms with E-state index >= 15 is 0 Å². The lowest BCUT2D eigenvalue weighted by Gasteiger charge is -2.12. The molecule has 0 bridgehead atoms. The fourth-order valence-corrected chi connectivity index (χ4v) is 5.17. The predicted octanol–water partition coefficient (Wildman–Crippen LogP) is 7.45. The Morgan fingerprint density at radius 3 is 2.65 bits per heavy atom. The van der Waals surface area contributed by atoms with E-state index in [1.807, 2.05) is 79.0 Å². The van der Waals surface area contributed by atoms with Gasteiger partial charge in [0.15, 0.2) is 15.8 Å². The SMILES string of the molecule is CCOc1cc(/C=N/NC(=O)CSc2nc(-c3ccc(Cl)cc3)cs2)ccc1OCc1ccc(Br)cc1. The summed E-state index contributed by atoms with van der Waals surface area (Å²) < 4.78 is 13.5. The number of hydrogen-bond acceptors (Lipinski definition) is 7. The van der Waals surface area contributed by atoms with Gasteiger partial charge in [-0.3, -0.25) is 4.79 Å². The Bertz CT molecular complexity index is 1360. The first-order valence-corrected chi connectivity index (χ1v) is 14.3. The zero-order chi connectivity index (χ0) is 26.0. The maximum absolute atomic E-state index is 12.3. The first-order chi connectivity index (χ1) is 18.0. The van der Waals surface area contributed by atoms with E-state index in [2.05, 4.69) is 31.4 Å². The first-order valence-electron chi connectivity index (χ1n) is 11.3. The third kappa shape index (κ3) is 8.33. The van der Waals surface area contributed by atoms with Crippen LogP contribution < -0.4 is 14.9 Å². The predicted molar refractivity (Wildman–Crippen MR) is 155 cm³/mol. The molecule has 4 rings (SSSR count). The minimum Gasteiger partial charge on any atom is -0.490 e. The number of hydrogen-bond donors (Lipinski definition) is 1. The molecule has 0 spiro atoms. The lowest BCUT2D eigenvalue weighted by atomic mass is 10.2. The van der Waals surface area contributed by atoms with Gasteiger partial charge in [0.2, 0.25) is 0 Å². The summed E-state index contributed by atoms with van der Waals surface area (Å²) in [5.74, 6) is 1.25. The summed E-state index contributed by atoms with van der Waals surface area (Å²) >= 11 is 12.2. The molecule has 0 aliphatic rings. The fourth-order valence-electron chi connectivity index (χ4n) is 3.15. The molecule has 1 aromatic heterocycles. The van der Waals surface area contributed by atoms with E-state index in [0.717, 1.165) is 31.2 Å². The standard InChI is InChI=1S/C27H23BrClN3O3S2/c1-2-34-25-13-19(5-12-24(25)35-15-18-3-8-21(28)9-4-18)14-30-32-26(33)17-37-27-31-23(16-36-27)20-6-10-22(29)11-7-20/h3-14,16H,2,15,17H2,1H3,(H,32,33)/b30-14+. The number of aromatic nitrogens is 1. The molecule has 1 N–H and O–H groups in total. The van der Waals surface area contributed by atoms with E-state index in [-0.39, 0.29) is 11.7 Å². The third-order valence-electron chi connectivity index (χ3n) is 4.93. The molecule has 190 valence electrons. The van der Waals surface area contributed by atoms with Gasteiger partial charge < -0.3 is 9.47 Å². The second-order valence-electron chi connectivity index (χ2n) is 7.64. The number of rotatable bonds is 11. The number of ether oxygens (including phenoxy) is 2. The Morgan fingerprint density at radius 2 is 1.89 bits per heavy atom. The average molecular weight is 617 g/mol. The summed E-state index contributed by atoms with van der Waals surface area (Å²) in [5.41, 5.74) is 6.23. The van der Waals surface area contributed by atoms with E-state index in [9.17, 15) is 4.79 Å². The second kappa shape index (κ2) is 13.6. The molecule has 6 nitrogen and oxygen atoms in total. The Balaban J connectivity index is 1.28. The lowest BCUT2D eigenvalue weighted by Crippen LogP contribution is -2.19. The maximum Gasteiger partial charge on any atom is 0.250 e. The summed E-state index contributed by atoms with van der Waals surface area (Å²) in [4.78, 5) is 16.8. The first kappa shape index (κ1) is 27.2. The zero-order valence-corrected chi connectivity index (χ0v) is 23.8. The van der Waals surface area contributed by atoms with Crippen molar-refractivity contribution >= 4 is 62.8 Å². The molecule has 0 saturated carbocycles. The van der Waals surface area contributed by atoms with Gasteiger partial charge in [-0.2, -0.15) is 5.10 Å². The molecule has 0 fully saturated rings. The Morgan fingerprint density at radius 1 is 1.11 bits per heavy atom. The van der Waals surface area contributed by atoms with Gasteiger partial charge in [-0.25, -0.2) is 10.4 Å². The summed E-state index contributed by atoms with van der Waals surface area (Å²) in [7, 11) is 0. The molecule has 0 aliphatic heterocycles.